The van der Waals surface area contributed by atoms with Gasteiger partial charge in [0.15, 0.2) is 11.6 Å². The first kappa shape index (κ1) is 19.4. The Morgan fingerprint density at radius 2 is 2.03 bits per heavy atom. The van der Waals surface area contributed by atoms with Crippen molar-refractivity contribution in [3.8, 4) is 5.75 Å². The number of nitrogens with one attached hydrogen (secondary N) is 1. The minimum absolute atomic E-state index is 0.0224. The predicted octanol–water partition coefficient (Wildman–Crippen LogP) is 4.20. The van der Waals surface area contributed by atoms with Gasteiger partial charge in [-0.3, -0.25) is 9.59 Å². The van der Waals surface area contributed by atoms with E-state index in [4.69, 9.17) is 4.74 Å². The van der Waals surface area contributed by atoms with Crippen LogP contribution >= 0.6 is 0 Å². The summed E-state index contributed by atoms with van der Waals surface area (Å²) in [7, 11) is 0. The maximum atomic E-state index is 12.8. The first-order chi connectivity index (χ1) is 14.1. The van der Waals surface area contributed by atoms with Gasteiger partial charge in [-0.2, -0.15) is 0 Å². The summed E-state index contributed by atoms with van der Waals surface area (Å²) in [5, 5.41) is 2.88. The van der Waals surface area contributed by atoms with Gasteiger partial charge in [0.05, 0.1) is 6.61 Å². The Bertz CT molecular complexity index is 906. The van der Waals surface area contributed by atoms with E-state index in [-0.39, 0.29) is 11.8 Å². The zero-order valence-electron chi connectivity index (χ0n) is 16.8. The number of fused-ring (bicyclic) bond motifs is 1. The lowest BCUT2D eigenvalue weighted by Gasteiger charge is -2.22. The monoisotopic (exact) mass is 393 g/mol. The molecular weight excluding hydrogens is 366 g/mol. The Morgan fingerprint density at radius 1 is 1.21 bits per heavy atom. The quantitative estimate of drug-likeness (QED) is 0.826. The second-order valence-electron chi connectivity index (χ2n) is 7.88. The molecule has 1 saturated carbocycles. The number of hydrogen-bond acceptors (Lipinski definition) is 4. The molecule has 152 valence electrons. The highest BCUT2D eigenvalue weighted by molar-refractivity contribution is 6.05. The van der Waals surface area contributed by atoms with Crippen molar-refractivity contribution >= 4 is 23.3 Å². The van der Waals surface area contributed by atoms with Crippen LogP contribution in [-0.2, 0) is 11.2 Å². The van der Waals surface area contributed by atoms with E-state index in [0.29, 0.717) is 36.2 Å². The molecule has 6 nitrogen and oxygen atoms in total. The second-order valence-corrected chi connectivity index (χ2v) is 7.88. The average molecular weight is 393 g/mol. The van der Waals surface area contributed by atoms with E-state index in [9.17, 15) is 9.59 Å². The Balaban J connectivity index is 1.44. The minimum atomic E-state index is -0.227. The van der Waals surface area contributed by atoms with Gasteiger partial charge in [-0.05, 0) is 61.1 Å². The van der Waals surface area contributed by atoms with Gasteiger partial charge in [-0.25, -0.2) is 4.98 Å². The summed E-state index contributed by atoms with van der Waals surface area (Å²) in [6.45, 7) is 2.88. The lowest BCUT2D eigenvalue weighted by Crippen LogP contribution is -2.25. The average Bonchev–Trinajstić information content (AvgIpc) is 3.17. The van der Waals surface area contributed by atoms with Gasteiger partial charge in [0.1, 0.15) is 0 Å². The summed E-state index contributed by atoms with van der Waals surface area (Å²) >= 11 is 0. The molecule has 29 heavy (non-hydrogen) atoms. The molecular formula is C23H27N3O3. The van der Waals surface area contributed by atoms with Crippen molar-refractivity contribution in [2.75, 3.05) is 23.4 Å². The number of carbonyl (C=O) groups is 2. The third-order valence-electron chi connectivity index (χ3n) is 5.82. The van der Waals surface area contributed by atoms with Crippen LogP contribution in [0, 0.1) is 5.92 Å². The Kier molecular flexibility index (Phi) is 5.79. The van der Waals surface area contributed by atoms with Gasteiger partial charge in [0, 0.05) is 30.9 Å². The number of amides is 2. The summed E-state index contributed by atoms with van der Waals surface area (Å²) in [6.07, 6.45) is 8.67. The van der Waals surface area contributed by atoms with E-state index in [0.717, 1.165) is 17.7 Å². The zero-order chi connectivity index (χ0) is 20.2. The van der Waals surface area contributed by atoms with Gasteiger partial charge in [-0.1, -0.05) is 19.3 Å². The number of benzene rings is 1. The molecule has 1 aliphatic heterocycles. The van der Waals surface area contributed by atoms with Crippen LogP contribution in [0.1, 0.15) is 54.9 Å². The van der Waals surface area contributed by atoms with E-state index in [1.54, 1.807) is 24.1 Å². The third kappa shape index (κ3) is 4.42. The molecule has 4 rings (SSSR count). The number of pyridine rings is 1. The first-order valence-corrected chi connectivity index (χ1v) is 10.4. The van der Waals surface area contributed by atoms with Crippen LogP contribution in [0.5, 0.6) is 5.75 Å². The molecule has 0 unspecified atom stereocenters. The Labute approximate surface area is 171 Å². The molecule has 1 aliphatic carbocycles. The molecule has 1 aromatic carbocycles. The third-order valence-corrected chi connectivity index (χ3v) is 5.82. The number of ether oxygens (including phenoxy) is 1. The van der Waals surface area contributed by atoms with Crippen molar-refractivity contribution in [2.24, 2.45) is 5.92 Å². The van der Waals surface area contributed by atoms with Crippen molar-refractivity contribution in [3.05, 3.63) is 47.7 Å². The van der Waals surface area contributed by atoms with Crippen LogP contribution in [-0.4, -0.2) is 29.9 Å². The molecule has 2 heterocycles. The molecule has 1 N–H and O–H groups in total. The van der Waals surface area contributed by atoms with Crippen LogP contribution < -0.4 is 15.0 Å². The Hall–Kier alpha value is -2.89. The maximum Gasteiger partial charge on any atom is 0.256 e. The first-order valence-electron chi connectivity index (χ1n) is 10.4. The smallest absolute Gasteiger partial charge is 0.256 e. The summed E-state index contributed by atoms with van der Waals surface area (Å²) in [6, 6.07) is 9.12. The fraction of sp³-hybridized carbons (Fsp3) is 0.435. The molecule has 1 aromatic heterocycles. The fourth-order valence-electron chi connectivity index (χ4n) is 4.21. The molecule has 0 saturated heterocycles. The zero-order valence-corrected chi connectivity index (χ0v) is 16.8. The highest BCUT2D eigenvalue weighted by atomic mass is 16.5. The van der Waals surface area contributed by atoms with Gasteiger partial charge in [-0.15, -0.1) is 0 Å². The van der Waals surface area contributed by atoms with Crippen molar-refractivity contribution in [2.45, 2.75) is 45.4 Å². The van der Waals surface area contributed by atoms with Crippen molar-refractivity contribution in [1.82, 2.24) is 4.98 Å². The number of hydrogen-bond donors (Lipinski definition) is 1. The number of rotatable bonds is 5. The van der Waals surface area contributed by atoms with Crippen LogP contribution in [0.2, 0.25) is 0 Å². The van der Waals surface area contributed by atoms with Crippen LogP contribution in [0.3, 0.4) is 0 Å². The van der Waals surface area contributed by atoms with Gasteiger partial charge < -0.3 is 15.0 Å². The molecule has 0 bridgehead atoms. The molecule has 2 aliphatic rings. The second kappa shape index (κ2) is 8.64. The maximum absolute atomic E-state index is 12.8. The van der Waals surface area contributed by atoms with Crippen molar-refractivity contribution < 1.29 is 14.3 Å². The lowest BCUT2D eigenvalue weighted by atomic mass is 9.90. The topological polar surface area (TPSA) is 71.5 Å². The summed E-state index contributed by atoms with van der Waals surface area (Å²) in [5.74, 6) is 1.42. The van der Waals surface area contributed by atoms with Crippen LogP contribution in [0.4, 0.5) is 11.5 Å². The molecule has 0 atom stereocenters. The Morgan fingerprint density at radius 3 is 2.83 bits per heavy atom. The molecule has 2 amide bonds. The lowest BCUT2D eigenvalue weighted by molar-refractivity contribution is -0.116. The SMILES string of the molecule is CC(=O)N1CCc2cc(C(=O)Nc3ncccc3OCC3CCCCC3)ccc21. The number of nitrogens with zero attached hydrogens (tertiary/aromatic N) is 2. The van der Waals surface area contributed by atoms with Gasteiger partial charge in [0.25, 0.3) is 5.91 Å². The molecule has 2 aromatic rings. The summed E-state index contributed by atoms with van der Waals surface area (Å²) < 4.78 is 6.01. The van der Waals surface area contributed by atoms with E-state index in [1.807, 2.05) is 24.3 Å². The van der Waals surface area contributed by atoms with Crippen molar-refractivity contribution in [3.63, 3.8) is 0 Å². The highest BCUT2D eigenvalue weighted by Crippen LogP contribution is 2.30. The van der Waals surface area contributed by atoms with E-state index < -0.39 is 0 Å². The molecule has 1 fully saturated rings. The fourth-order valence-corrected chi connectivity index (χ4v) is 4.21. The summed E-state index contributed by atoms with van der Waals surface area (Å²) in [4.78, 5) is 30.6. The molecule has 0 radical (unpaired) electrons. The summed E-state index contributed by atoms with van der Waals surface area (Å²) in [5.41, 5.74) is 2.46. The number of aromatic nitrogens is 1. The van der Waals surface area contributed by atoms with Crippen LogP contribution in [0.25, 0.3) is 0 Å². The molecule has 6 heteroatoms. The number of carbonyl (C=O) groups excluding carboxylic acids is 2. The van der Waals surface area contributed by atoms with Crippen LogP contribution in [0.15, 0.2) is 36.5 Å². The normalized spacial score (nSPS) is 16.4. The predicted molar refractivity (Wildman–Crippen MR) is 112 cm³/mol. The van der Waals surface area contributed by atoms with Gasteiger partial charge in [0.2, 0.25) is 5.91 Å². The largest absolute Gasteiger partial charge is 0.489 e. The van der Waals surface area contributed by atoms with E-state index >= 15 is 0 Å². The highest BCUT2D eigenvalue weighted by Gasteiger charge is 2.23. The number of anilines is 2. The van der Waals surface area contributed by atoms with Crippen molar-refractivity contribution in [1.29, 1.82) is 0 Å². The van der Waals surface area contributed by atoms with E-state index in [1.165, 1.54) is 32.1 Å². The van der Waals surface area contributed by atoms with E-state index in [2.05, 4.69) is 10.3 Å². The molecule has 0 spiro atoms. The standard InChI is InChI=1S/C23H27N3O3/c1-16(27)26-13-11-18-14-19(9-10-20(18)26)23(28)25-22-21(8-5-12-24-22)29-15-17-6-3-2-4-7-17/h5,8-10,12,14,17H,2-4,6-7,11,13,15H2,1H3,(H,24,25,28). The van der Waals surface area contributed by atoms with Gasteiger partial charge >= 0.3 is 0 Å². The minimum Gasteiger partial charge on any atom is -0.489 e.